The van der Waals surface area contributed by atoms with E-state index in [1.807, 2.05) is 66.4 Å². The molecule has 1 aromatic carbocycles. The van der Waals surface area contributed by atoms with Gasteiger partial charge in [-0.3, -0.25) is 4.79 Å². The maximum absolute atomic E-state index is 12.7. The number of nitrogens with zero attached hydrogens (tertiary/aromatic N) is 3. The van der Waals surface area contributed by atoms with Crippen LogP contribution in [0.5, 0.6) is 5.75 Å². The Morgan fingerprint density at radius 1 is 1.31 bits per heavy atom. The molecule has 138 valence electrons. The number of rotatable bonds is 5. The molecule has 1 saturated heterocycles. The van der Waals surface area contributed by atoms with E-state index in [1.165, 1.54) is 0 Å². The number of carbonyl (C=O) groups is 1. The van der Waals surface area contributed by atoms with E-state index in [0.29, 0.717) is 26.1 Å². The van der Waals surface area contributed by atoms with Crippen LogP contribution >= 0.6 is 0 Å². The first-order chi connectivity index (χ1) is 12.6. The second kappa shape index (κ2) is 8.19. The predicted octanol–water partition coefficient (Wildman–Crippen LogP) is 2.30. The van der Waals surface area contributed by atoms with Gasteiger partial charge in [0.05, 0.1) is 32.4 Å². The lowest BCUT2D eigenvalue weighted by Crippen LogP contribution is -2.43. The third-order valence-electron chi connectivity index (χ3n) is 4.45. The van der Waals surface area contributed by atoms with E-state index in [2.05, 4.69) is 4.98 Å². The van der Waals surface area contributed by atoms with Crippen molar-refractivity contribution in [2.45, 2.75) is 12.5 Å². The summed E-state index contributed by atoms with van der Waals surface area (Å²) in [6.45, 7) is 1.64. The highest BCUT2D eigenvalue weighted by atomic mass is 16.5. The Hall–Kier alpha value is -2.60. The number of carbonyl (C=O) groups excluding carboxylic acids is 1. The number of anilines is 1. The molecule has 1 atom stereocenters. The van der Waals surface area contributed by atoms with Gasteiger partial charge in [-0.2, -0.15) is 0 Å². The Balaban J connectivity index is 1.67. The molecule has 2 heterocycles. The molecule has 6 nitrogen and oxygen atoms in total. The predicted molar refractivity (Wildman–Crippen MR) is 101 cm³/mol. The third-order valence-corrected chi connectivity index (χ3v) is 4.45. The largest absolute Gasteiger partial charge is 0.497 e. The molecule has 0 saturated carbocycles. The number of hydrogen-bond donors (Lipinski definition) is 0. The zero-order valence-electron chi connectivity index (χ0n) is 15.5. The van der Waals surface area contributed by atoms with E-state index in [-0.39, 0.29) is 12.0 Å². The molecule has 0 aliphatic carbocycles. The lowest BCUT2D eigenvalue weighted by Gasteiger charge is -2.33. The van der Waals surface area contributed by atoms with Gasteiger partial charge in [-0.15, -0.1) is 0 Å². The van der Waals surface area contributed by atoms with Gasteiger partial charge in [0.25, 0.3) is 0 Å². The first-order valence-electron chi connectivity index (χ1n) is 8.73. The van der Waals surface area contributed by atoms with Crippen LogP contribution < -0.4 is 9.64 Å². The van der Waals surface area contributed by atoms with E-state index >= 15 is 0 Å². The van der Waals surface area contributed by atoms with Crippen LogP contribution in [0, 0.1) is 0 Å². The third kappa shape index (κ3) is 4.32. The number of amides is 1. The van der Waals surface area contributed by atoms with Crippen molar-refractivity contribution in [3.05, 3.63) is 53.7 Å². The number of hydrogen-bond acceptors (Lipinski definition) is 5. The molecule has 2 aromatic rings. The van der Waals surface area contributed by atoms with Crippen LogP contribution in [0.1, 0.15) is 17.4 Å². The molecule has 0 N–H and O–H groups in total. The molecule has 0 bridgehead atoms. The van der Waals surface area contributed by atoms with Gasteiger partial charge in [-0.05, 0) is 29.8 Å². The van der Waals surface area contributed by atoms with Crippen LogP contribution in [0.3, 0.4) is 0 Å². The van der Waals surface area contributed by atoms with Crippen LogP contribution in [0.15, 0.2) is 42.5 Å². The maximum Gasteiger partial charge on any atom is 0.227 e. The molecule has 1 amide bonds. The van der Waals surface area contributed by atoms with E-state index in [0.717, 1.165) is 22.8 Å². The SMILES string of the molecule is COc1cccc(CC(=O)N2CCO[C@H](c3cccc(N(C)C)n3)C2)c1. The highest BCUT2D eigenvalue weighted by molar-refractivity contribution is 5.79. The summed E-state index contributed by atoms with van der Waals surface area (Å²) in [5.74, 6) is 1.74. The van der Waals surface area contributed by atoms with E-state index in [4.69, 9.17) is 9.47 Å². The van der Waals surface area contributed by atoms with E-state index < -0.39 is 0 Å². The summed E-state index contributed by atoms with van der Waals surface area (Å²) in [6.07, 6.45) is 0.160. The molecule has 1 aromatic heterocycles. The molecule has 26 heavy (non-hydrogen) atoms. The van der Waals surface area contributed by atoms with Crippen LogP contribution in [-0.2, 0) is 16.0 Å². The number of morpholine rings is 1. The molecule has 3 rings (SSSR count). The fourth-order valence-corrected chi connectivity index (χ4v) is 2.99. The minimum atomic E-state index is -0.196. The Kier molecular flexibility index (Phi) is 5.73. The van der Waals surface area contributed by atoms with Gasteiger partial charge in [0.2, 0.25) is 5.91 Å². The van der Waals surface area contributed by atoms with Crippen molar-refractivity contribution in [2.75, 3.05) is 45.8 Å². The molecule has 1 fully saturated rings. The summed E-state index contributed by atoms with van der Waals surface area (Å²) >= 11 is 0. The lowest BCUT2D eigenvalue weighted by molar-refractivity contribution is -0.138. The zero-order valence-corrected chi connectivity index (χ0v) is 15.5. The van der Waals surface area contributed by atoms with Gasteiger partial charge in [-0.1, -0.05) is 18.2 Å². The minimum Gasteiger partial charge on any atom is -0.497 e. The molecule has 1 aliphatic rings. The summed E-state index contributed by atoms with van der Waals surface area (Å²) in [7, 11) is 5.54. The number of methoxy groups -OCH3 is 1. The second-order valence-corrected chi connectivity index (χ2v) is 6.54. The average Bonchev–Trinajstić information content (AvgIpc) is 2.68. The van der Waals surface area contributed by atoms with Crippen molar-refractivity contribution in [3.63, 3.8) is 0 Å². The Morgan fingerprint density at radius 2 is 2.12 bits per heavy atom. The number of aromatic nitrogens is 1. The highest BCUT2D eigenvalue weighted by Gasteiger charge is 2.26. The van der Waals surface area contributed by atoms with Gasteiger partial charge in [0.15, 0.2) is 0 Å². The van der Waals surface area contributed by atoms with Crippen molar-refractivity contribution in [3.8, 4) is 5.75 Å². The molecule has 6 heteroatoms. The topological polar surface area (TPSA) is 54.9 Å². The molecular weight excluding hydrogens is 330 g/mol. The van der Waals surface area contributed by atoms with Crippen LogP contribution in [0.2, 0.25) is 0 Å². The molecule has 0 spiro atoms. The summed E-state index contributed by atoms with van der Waals surface area (Å²) in [5, 5.41) is 0. The fraction of sp³-hybridized carbons (Fsp3) is 0.400. The minimum absolute atomic E-state index is 0.0929. The smallest absolute Gasteiger partial charge is 0.227 e. The van der Waals surface area contributed by atoms with Crippen molar-refractivity contribution >= 4 is 11.7 Å². The van der Waals surface area contributed by atoms with Crippen LogP contribution in [0.25, 0.3) is 0 Å². The summed E-state index contributed by atoms with van der Waals surface area (Å²) in [4.78, 5) is 21.2. The van der Waals surface area contributed by atoms with E-state index in [1.54, 1.807) is 7.11 Å². The zero-order chi connectivity index (χ0) is 18.5. The first kappa shape index (κ1) is 18.2. The maximum atomic E-state index is 12.7. The van der Waals surface area contributed by atoms with Gasteiger partial charge >= 0.3 is 0 Å². The normalized spacial score (nSPS) is 17.0. The number of pyridine rings is 1. The average molecular weight is 355 g/mol. The van der Waals surface area contributed by atoms with Crippen LogP contribution in [0.4, 0.5) is 5.82 Å². The number of ether oxygens (including phenoxy) is 2. The van der Waals surface area contributed by atoms with Crippen molar-refractivity contribution in [1.29, 1.82) is 0 Å². The lowest BCUT2D eigenvalue weighted by atomic mass is 10.1. The van der Waals surface area contributed by atoms with Gasteiger partial charge in [-0.25, -0.2) is 4.98 Å². The molecule has 0 unspecified atom stereocenters. The summed E-state index contributed by atoms with van der Waals surface area (Å²) in [5.41, 5.74) is 1.81. The Labute approximate surface area is 154 Å². The fourth-order valence-electron chi connectivity index (χ4n) is 2.99. The standard InChI is InChI=1S/C20H25N3O3/c1-22(2)19-9-5-8-17(21-19)18-14-23(10-11-26-18)20(24)13-15-6-4-7-16(12-15)25-3/h4-9,12,18H,10-11,13-14H2,1-3H3/t18-/m0/s1. The molecule has 1 aliphatic heterocycles. The van der Waals surface area contributed by atoms with Gasteiger partial charge < -0.3 is 19.3 Å². The number of benzene rings is 1. The van der Waals surface area contributed by atoms with E-state index in [9.17, 15) is 4.79 Å². The Bertz CT molecular complexity index is 763. The highest BCUT2D eigenvalue weighted by Crippen LogP contribution is 2.23. The quantitative estimate of drug-likeness (QED) is 0.824. The van der Waals surface area contributed by atoms with Gasteiger partial charge in [0.1, 0.15) is 17.7 Å². The summed E-state index contributed by atoms with van der Waals surface area (Å²) < 4.78 is 11.1. The van der Waals surface area contributed by atoms with Crippen molar-refractivity contribution < 1.29 is 14.3 Å². The molecular formula is C20H25N3O3. The second-order valence-electron chi connectivity index (χ2n) is 6.54. The molecule has 0 radical (unpaired) electrons. The van der Waals surface area contributed by atoms with Crippen LogP contribution in [-0.4, -0.2) is 56.7 Å². The summed E-state index contributed by atoms with van der Waals surface area (Å²) in [6, 6.07) is 13.5. The van der Waals surface area contributed by atoms with Crippen molar-refractivity contribution in [1.82, 2.24) is 9.88 Å². The Morgan fingerprint density at radius 3 is 2.88 bits per heavy atom. The van der Waals surface area contributed by atoms with Gasteiger partial charge in [0, 0.05) is 20.6 Å². The first-order valence-corrected chi connectivity index (χ1v) is 8.73. The van der Waals surface area contributed by atoms with Crippen molar-refractivity contribution in [2.24, 2.45) is 0 Å². The monoisotopic (exact) mass is 355 g/mol.